The number of fused-ring (bicyclic) bond motifs is 1. The van der Waals surface area contributed by atoms with Crippen molar-refractivity contribution < 1.29 is 5.11 Å². The molecule has 1 aromatic rings. The fraction of sp³-hybridized carbons (Fsp3) is 0.600. The van der Waals surface area contributed by atoms with Gasteiger partial charge in [0.1, 0.15) is 11.9 Å². The number of nitrogens with zero attached hydrogens (tertiary/aromatic N) is 2. The van der Waals surface area contributed by atoms with E-state index in [1.807, 2.05) is 19.9 Å². The van der Waals surface area contributed by atoms with Crippen molar-refractivity contribution in [2.45, 2.75) is 51.7 Å². The van der Waals surface area contributed by atoms with Gasteiger partial charge in [0, 0.05) is 17.2 Å². The highest BCUT2D eigenvalue weighted by Gasteiger charge is 2.47. The van der Waals surface area contributed by atoms with E-state index >= 15 is 0 Å². The van der Waals surface area contributed by atoms with E-state index in [9.17, 15) is 10.4 Å². The molecule has 2 aliphatic rings. The first-order chi connectivity index (χ1) is 9.02. The van der Waals surface area contributed by atoms with Gasteiger partial charge in [-0.15, -0.1) is 0 Å². The topological polar surface area (TPSA) is 68.9 Å². The van der Waals surface area contributed by atoms with Gasteiger partial charge in [-0.1, -0.05) is 13.8 Å². The second kappa shape index (κ2) is 4.21. The summed E-state index contributed by atoms with van der Waals surface area (Å²) < 4.78 is 0. The fourth-order valence-electron chi connectivity index (χ4n) is 2.98. The van der Waals surface area contributed by atoms with Gasteiger partial charge in [0.25, 0.3) is 0 Å². The lowest BCUT2D eigenvalue weighted by molar-refractivity contribution is -0.0511. The molecule has 0 spiro atoms. The van der Waals surface area contributed by atoms with Gasteiger partial charge in [-0.05, 0) is 37.3 Å². The van der Waals surface area contributed by atoms with E-state index < -0.39 is 0 Å². The Hall–Kier alpha value is -1.60. The Labute approximate surface area is 113 Å². The Morgan fingerprint density at radius 2 is 2.26 bits per heavy atom. The Morgan fingerprint density at radius 3 is 2.89 bits per heavy atom. The first kappa shape index (κ1) is 12.4. The molecule has 1 fully saturated rings. The van der Waals surface area contributed by atoms with Gasteiger partial charge >= 0.3 is 0 Å². The molecule has 1 aromatic heterocycles. The maximum atomic E-state index is 9.78. The maximum Gasteiger partial charge on any atom is 0.144 e. The van der Waals surface area contributed by atoms with Crippen LogP contribution in [0.15, 0.2) is 6.07 Å². The van der Waals surface area contributed by atoms with Crippen LogP contribution in [-0.2, 0) is 12.8 Å². The van der Waals surface area contributed by atoms with E-state index in [1.54, 1.807) is 0 Å². The number of hydrogen-bond donors (Lipinski definition) is 2. The monoisotopic (exact) mass is 257 g/mol. The van der Waals surface area contributed by atoms with Crippen LogP contribution in [0.2, 0.25) is 0 Å². The summed E-state index contributed by atoms with van der Waals surface area (Å²) in [5.74, 6) is 0.688. The first-order valence-corrected chi connectivity index (χ1v) is 6.90. The summed E-state index contributed by atoms with van der Waals surface area (Å²) in [6, 6.07) is 4.38. The molecule has 1 saturated carbocycles. The Morgan fingerprint density at radius 1 is 1.47 bits per heavy atom. The van der Waals surface area contributed by atoms with Gasteiger partial charge < -0.3 is 10.4 Å². The average Bonchev–Trinajstić information content (AvgIpc) is 2.84. The zero-order valence-electron chi connectivity index (χ0n) is 11.4. The number of aliphatic hydroxyl groups excluding tert-OH is 1. The third-order valence-corrected chi connectivity index (χ3v) is 4.70. The molecule has 0 aliphatic heterocycles. The SMILES string of the molecule is CC1(C)C(O)CC1Nc1nc2c(cc1C#N)CCC2. The first-order valence-electron chi connectivity index (χ1n) is 6.90. The normalized spacial score (nSPS) is 27.3. The van der Waals surface area contributed by atoms with Crippen molar-refractivity contribution in [1.29, 1.82) is 5.26 Å². The van der Waals surface area contributed by atoms with E-state index in [0.29, 0.717) is 11.4 Å². The van der Waals surface area contributed by atoms with Crippen molar-refractivity contribution in [2.24, 2.45) is 5.41 Å². The molecule has 0 radical (unpaired) electrons. The van der Waals surface area contributed by atoms with Crippen LogP contribution in [0.1, 0.15) is 43.5 Å². The number of aromatic nitrogens is 1. The predicted octanol–water partition coefficient (Wildman–Crippen LogP) is 2.01. The van der Waals surface area contributed by atoms with Crippen LogP contribution in [0.3, 0.4) is 0 Å². The molecule has 2 atom stereocenters. The standard InChI is InChI=1S/C15H19N3O/c1-15(2)12(7-13(15)19)18-14-10(8-16)6-9-4-3-5-11(9)17-14/h6,12-13,19H,3-5,7H2,1-2H3,(H,17,18). The van der Waals surface area contributed by atoms with Crippen molar-refractivity contribution in [3.05, 3.63) is 22.9 Å². The van der Waals surface area contributed by atoms with Crippen LogP contribution >= 0.6 is 0 Å². The van der Waals surface area contributed by atoms with Gasteiger partial charge in [-0.25, -0.2) is 4.98 Å². The van der Waals surface area contributed by atoms with Gasteiger partial charge in [0.05, 0.1) is 11.7 Å². The lowest BCUT2D eigenvalue weighted by Gasteiger charge is -2.49. The van der Waals surface area contributed by atoms with Gasteiger partial charge in [0.15, 0.2) is 0 Å². The summed E-state index contributed by atoms with van der Waals surface area (Å²) >= 11 is 0. The summed E-state index contributed by atoms with van der Waals surface area (Å²) in [4.78, 5) is 4.62. The lowest BCUT2D eigenvalue weighted by atomic mass is 9.64. The highest BCUT2D eigenvalue weighted by molar-refractivity contribution is 5.56. The third-order valence-electron chi connectivity index (χ3n) is 4.70. The highest BCUT2D eigenvalue weighted by Crippen LogP contribution is 2.42. The molecule has 0 amide bonds. The molecular formula is C15H19N3O. The summed E-state index contributed by atoms with van der Waals surface area (Å²) in [7, 11) is 0. The average molecular weight is 257 g/mol. The van der Waals surface area contributed by atoms with Crippen LogP contribution < -0.4 is 5.32 Å². The zero-order valence-corrected chi connectivity index (χ0v) is 11.4. The minimum absolute atomic E-state index is 0.159. The quantitative estimate of drug-likeness (QED) is 0.850. The van der Waals surface area contributed by atoms with Crippen LogP contribution in [-0.4, -0.2) is 22.2 Å². The molecule has 2 unspecified atom stereocenters. The van der Waals surface area contributed by atoms with Crippen LogP contribution in [0.25, 0.3) is 0 Å². The smallest absolute Gasteiger partial charge is 0.144 e. The number of hydrogen-bond acceptors (Lipinski definition) is 4. The fourth-order valence-corrected chi connectivity index (χ4v) is 2.98. The number of pyridine rings is 1. The molecule has 100 valence electrons. The van der Waals surface area contributed by atoms with Crippen LogP contribution in [0.5, 0.6) is 0 Å². The molecule has 3 rings (SSSR count). The second-order valence-corrected chi connectivity index (χ2v) is 6.23. The summed E-state index contributed by atoms with van der Waals surface area (Å²) in [5.41, 5.74) is 2.81. The number of aryl methyl sites for hydroxylation is 2. The van der Waals surface area contributed by atoms with Crippen LogP contribution in [0.4, 0.5) is 5.82 Å². The minimum atomic E-state index is -0.273. The van der Waals surface area contributed by atoms with Gasteiger partial charge in [-0.2, -0.15) is 5.26 Å². The van der Waals surface area contributed by atoms with E-state index in [4.69, 9.17) is 0 Å². The summed E-state index contributed by atoms with van der Waals surface area (Å²) in [5, 5.41) is 22.4. The summed E-state index contributed by atoms with van der Waals surface area (Å²) in [6.45, 7) is 4.08. The van der Waals surface area contributed by atoms with Crippen LogP contribution in [0, 0.1) is 16.7 Å². The van der Waals surface area contributed by atoms with E-state index in [2.05, 4.69) is 16.4 Å². The Balaban J connectivity index is 1.88. The van der Waals surface area contributed by atoms with E-state index in [0.717, 1.165) is 31.4 Å². The van der Waals surface area contributed by atoms with Crippen molar-refractivity contribution >= 4 is 5.82 Å². The maximum absolute atomic E-state index is 9.78. The predicted molar refractivity (Wildman–Crippen MR) is 72.8 cm³/mol. The molecule has 0 saturated heterocycles. The molecule has 2 N–H and O–H groups in total. The van der Waals surface area contributed by atoms with Gasteiger partial charge in [0.2, 0.25) is 0 Å². The number of rotatable bonds is 2. The molecule has 2 aliphatic carbocycles. The summed E-state index contributed by atoms with van der Waals surface area (Å²) in [6.07, 6.45) is 3.61. The molecular weight excluding hydrogens is 238 g/mol. The number of aliphatic hydroxyl groups is 1. The van der Waals surface area contributed by atoms with Crippen molar-refractivity contribution in [1.82, 2.24) is 4.98 Å². The number of nitrogens with one attached hydrogen (secondary N) is 1. The largest absolute Gasteiger partial charge is 0.392 e. The van der Waals surface area contributed by atoms with Crippen molar-refractivity contribution in [3.8, 4) is 6.07 Å². The minimum Gasteiger partial charge on any atom is -0.392 e. The Bertz CT molecular complexity index is 559. The molecule has 0 aromatic carbocycles. The van der Waals surface area contributed by atoms with Gasteiger partial charge in [-0.3, -0.25) is 0 Å². The number of anilines is 1. The van der Waals surface area contributed by atoms with Crippen molar-refractivity contribution in [2.75, 3.05) is 5.32 Å². The number of nitriles is 1. The zero-order chi connectivity index (χ0) is 13.6. The molecule has 1 heterocycles. The lowest BCUT2D eigenvalue weighted by Crippen LogP contribution is -2.57. The Kier molecular flexibility index (Phi) is 2.75. The molecule has 4 heteroatoms. The second-order valence-electron chi connectivity index (χ2n) is 6.23. The van der Waals surface area contributed by atoms with Crippen molar-refractivity contribution in [3.63, 3.8) is 0 Å². The third kappa shape index (κ3) is 1.89. The van der Waals surface area contributed by atoms with E-state index in [-0.39, 0.29) is 17.6 Å². The molecule has 4 nitrogen and oxygen atoms in total. The van der Waals surface area contributed by atoms with E-state index in [1.165, 1.54) is 5.56 Å². The highest BCUT2D eigenvalue weighted by atomic mass is 16.3. The molecule has 19 heavy (non-hydrogen) atoms. The molecule has 0 bridgehead atoms.